The van der Waals surface area contributed by atoms with Crippen LogP contribution in [-0.2, 0) is 4.79 Å². The van der Waals surface area contributed by atoms with Crippen molar-refractivity contribution in [3.63, 3.8) is 0 Å². The first-order valence-corrected chi connectivity index (χ1v) is 5.64. The predicted octanol–water partition coefficient (Wildman–Crippen LogP) is 1.25. The lowest BCUT2D eigenvalue weighted by Crippen LogP contribution is -2.42. The second-order valence-corrected chi connectivity index (χ2v) is 4.06. The van der Waals surface area contributed by atoms with E-state index < -0.39 is 0 Å². The maximum absolute atomic E-state index is 11.8. The lowest BCUT2D eigenvalue weighted by atomic mass is 10.3. The molecule has 4 nitrogen and oxygen atoms in total. The zero-order chi connectivity index (χ0) is 11.5. The molecule has 86 valence electrons. The van der Waals surface area contributed by atoms with Gasteiger partial charge in [-0.3, -0.25) is 4.79 Å². The number of halogens is 1. The van der Waals surface area contributed by atoms with Crippen LogP contribution in [0.3, 0.4) is 0 Å². The number of hydrogen-bond donors (Lipinski definition) is 1. The molecule has 1 fully saturated rings. The Labute approximate surface area is 99.5 Å². The third-order valence-corrected chi connectivity index (χ3v) is 2.89. The summed E-state index contributed by atoms with van der Waals surface area (Å²) >= 11 is 6.08. The smallest absolute Gasteiger partial charge is 0.242 e. The second kappa shape index (κ2) is 4.82. The summed E-state index contributed by atoms with van der Waals surface area (Å²) in [6, 6.07) is 7.34. The summed E-state index contributed by atoms with van der Waals surface area (Å²) in [5, 5.41) is 4.15. The van der Waals surface area contributed by atoms with Crippen LogP contribution in [0.4, 0.5) is 5.69 Å². The third kappa shape index (κ3) is 2.04. The average molecular weight is 240 g/mol. The van der Waals surface area contributed by atoms with E-state index >= 15 is 0 Å². The highest BCUT2D eigenvalue weighted by Crippen LogP contribution is 2.29. The fourth-order valence-electron chi connectivity index (χ4n) is 1.86. The Morgan fingerprint density at radius 1 is 1.38 bits per heavy atom. The van der Waals surface area contributed by atoms with E-state index in [1.165, 1.54) is 0 Å². The van der Waals surface area contributed by atoms with Gasteiger partial charge >= 0.3 is 0 Å². The standard InChI is InChI=1S/C11H14ClN3O/c12-9-3-1-2-4-10(9)15-11(16)5-7-14(15)8-6-13/h1-4H,5-8,13H2. The highest BCUT2D eigenvalue weighted by atomic mass is 35.5. The fourth-order valence-corrected chi connectivity index (χ4v) is 2.08. The van der Waals surface area contributed by atoms with Crippen LogP contribution in [0.1, 0.15) is 6.42 Å². The molecule has 2 N–H and O–H groups in total. The number of hydrogen-bond acceptors (Lipinski definition) is 3. The zero-order valence-corrected chi connectivity index (χ0v) is 9.65. The number of carbonyl (C=O) groups excluding carboxylic acids is 1. The van der Waals surface area contributed by atoms with Gasteiger partial charge in [0.25, 0.3) is 0 Å². The summed E-state index contributed by atoms with van der Waals surface area (Å²) in [5.41, 5.74) is 6.26. The van der Waals surface area contributed by atoms with Crippen LogP contribution in [0.25, 0.3) is 0 Å². The quantitative estimate of drug-likeness (QED) is 0.864. The minimum absolute atomic E-state index is 0.0709. The van der Waals surface area contributed by atoms with E-state index in [1.54, 1.807) is 11.1 Å². The molecule has 0 aromatic heterocycles. The van der Waals surface area contributed by atoms with E-state index in [9.17, 15) is 4.79 Å². The summed E-state index contributed by atoms with van der Waals surface area (Å²) in [7, 11) is 0. The van der Waals surface area contributed by atoms with Crippen LogP contribution in [0.15, 0.2) is 24.3 Å². The van der Waals surface area contributed by atoms with Crippen molar-refractivity contribution in [1.29, 1.82) is 0 Å². The maximum atomic E-state index is 11.8. The summed E-state index contributed by atoms with van der Waals surface area (Å²) in [5.74, 6) is 0.0709. The molecule has 0 atom stereocenters. The van der Waals surface area contributed by atoms with Crippen molar-refractivity contribution >= 4 is 23.2 Å². The summed E-state index contributed by atoms with van der Waals surface area (Å²) < 4.78 is 0. The second-order valence-electron chi connectivity index (χ2n) is 3.65. The van der Waals surface area contributed by atoms with E-state index in [0.717, 1.165) is 5.69 Å². The number of nitrogens with two attached hydrogens (primary N) is 1. The molecule has 5 heteroatoms. The van der Waals surface area contributed by atoms with Gasteiger partial charge in [-0.1, -0.05) is 23.7 Å². The number of para-hydroxylation sites is 1. The van der Waals surface area contributed by atoms with Gasteiger partial charge in [0.2, 0.25) is 5.91 Å². The van der Waals surface area contributed by atoms with E-state index in [1.807, 2.05) is 23.2 Å². The minimum atomic E-state index is 0.0709. The van der Waals surface area contributed by atoms with Crippen LogP contribution in [0.5, 0.6) is 0 Å². The fraction of sp³-hybridized carbons (Fsp3) is 0.364. The molecular weight excluding hydrogens is 226 g/mol. The first-order valence-electron chi connectivity index (χ1n) is 5.26. The molecule has 1 aliphatic heterocycles. The number of anilines is 1. The molecule has 0 unspecified atom stereocenters. The Hall–Kier alpha value is -1.10. The first-order chi connectivity index (χ1) is 7.74. The summed E-state index contributed by atoms with van der Waals surface area (Å²) in [6.45, 7) is 1.90. The maximum Gasteiger partial charge on any atom is 0.242 e. The number of rotatable bonds is 3. The van der Waals surface area contributed by atoms with E-state index in [2.05, 4.69) is 0 Å². The van der Waals surface area contributed by atoms with Crippen LogP contribution in [0, 0.1) is 0 Å². The molecule has 16 heavy (non-hydrogen) atoms. The first kappa shape index (κ1) is 11.4. The molecule has 1 amide bonds. The zero-order valence-electron chi connectivity index (χ0n) is 8.90. The summed E-state index contributed by atoms with van der Waals surface area (Å²) in [4.78, 5) is 11.8. The van der Waals surface area contributed by atoms with Gasteiger partial charge in [0.15, 0.2) is 0 Å². The molecule has 1 aliphatic rings. The van der Waals surface area contributed by atoms with Gasteiger partial charge in [-0.2, -0.15) is 0 Å². The van der Waals surface area contributed by atoms with Crippen LogP contribution in [0.2, 0.25) is 5.02 Å². The van der Waals surface area contributed by atoms with Gasteiger partial charge in [-0.25, -0.2) is 10.0 Å². The van der Waals surface area contributed by atoms with Crippen molar-refractivity contribution in [2.75, 3.05) is 24.6 Å². The summed E-state index contributed by atoms with van der Waals surface area (Å²) in [6.07, 6.45) is 0.519. The molecule has 0 aliphatic carbocycles. The molecule has 0 radical (unpaired) electrons. The molecule has 1 saturated heterocycles. The average Bonchev–Trinajstić information content (AvgIpc) is 2.62. The Balaban J connectivity index is 2.30. The lowest BCUT2D eigenvalue weighted by molar-refractivity contribution is -0.118. The number of carbonyl (C=O) groups is 1. The highest BCUT2D eigenvalue weighted by Gasteiger charge is 2.30. The van der Waals surface area contributed by atoms with E-state index in [-0.39, 0.29) is 5.91 Å². The number of hydrazine groups is 1. The normalized spacial score (nSPS) is 17.1. The molecule has 0 saturated carbocycles. The highest BCUT2D eigenvalue weighted by molar-refractivity contribution is 6.33. The third-order valence-electron chi connectivity index (χ3n) is 2.57. The van der Waals surface area contributed by atoms with Crippen molar-refractivity contribution in [3.8, 4) is 0 Å². The Bertz CT molecular complexity index is 397. The Morgan fingerprint density at radius 3 is 2.81 bits per heavy atom. The van der Waals surface area contributed by atoms with Gasteiger partial charge < -0.3 is 5.73 Å². The molecule has 0 bridgehead atoms. The largest absolute Gasteiger partial charge is 0.329 e. The predicted molar refractivity (Wildman–Crippen MR) is 64.2 cm³/mol. The SMILES string of the molecule is NCCN1CCC(=O)N1c1ccccc1Cl. The van der Waals surface area contributed by atoms with Crippen LogP contribution in [-0.4, -0.2) is 30.6 Å². The molecule has 1 heterocycles. The van der Waals surface area contributed by atoms with Gasteiger partial charge in [0.05, 0.1) is 10.7 Å². The van der Waals surface area contributed by atoms with Crippen LogP contribution >= 0.6 is 11.6 Å². The number of nitrogens with zero attached hydrogens (tertiary/aromatic N) is 2. The molecule has 2 rings (SSSR count). The van der Waals surface area contributed by atoms with Crippen molar-refractivity contribution < 1.29 is 4.79 Å². The Kier molecular flexibility index (Phi) is 3.43. The molecule has 1 aromatic carbocycles. The van der Waals surface area contributed by atoms with Gasteiger partial charge in [0.1, 0.15) is 0 Å². The van der Waals surface area contributed by atoms with E-state index in [0.29, 0.717) is 31.1 Å². The van der Waals surface area contributed by atoms with Gasteiger partial charge in [-0.05, 0) is 12.1 Å². The number of amides is 1. The molecular formula is C11H14ClN3O. The van der Waals surface area contributed by atoms with E-state index in [4.69, 9.17) is 17.3 Å². The van der Waals surface area contributed by atoms with Crippen LogP contribution < -0.4 is 10.7 Å². The van der Waals surface area contributed by atoms with Crippen molar-refractivity contribution in [1.82, 2.24) is 5.01 Å². The van der Waals surface area contributed by atoms with Crippen molar-refractivity contribution in [3.05, 3.63) is 29.3 Å². The topological polar surface area (TPSA) is 49.6 Å². The minimum Gasteiger partial charge on any atom is -0.329 e. The number of benzene rings is 1. The Morgan fingerprint density at radius 2 is 2.12 bits per heavy atom. The molecule has 0 spiro atoms. The monoisotopic (exact) mass is 239 g/mol. The van der Waals surface area contributed by atoms with Gasteiger partial charge in [-0.15, -0.1) is 0 Å². The lowest BCUT2D eigenvalue weighted by Gasteiger charge is -2.28. The van der Waals surface area contributed by atoms with Crippen molar-refractivity contribution in [2.45, 2.75) is 6.42 Å². The van der Waals surface area contributed by atoms with Gasteiger partial charge in [0, 0.05) is 26.1 Å². The molecule has 1 aromatic rings. The van der Waals surface area contributed by atoms with Crippen molar-refractivity contribution in [2.24, 2.45) is 5.73 Å².